The summed E-state index contributed by atoms with van der Waals surface area (Å²) in [6, 6.07) is 22.1. The van der Waals surface area contributed by atoms with Gasteiger partial charge in [-0.2, -0.15) is 0 Å². The monoisotopic (exact) mass is 486 g/mol. The van der Waals surface area contributed by atoms with Gasteiger partial charge in [0.25, 0.3) is 5.69 Å². The molecule has 3 heterocycles. The molecule has 0 unspecified atom stereocenters. The van der Waals surface area contributed by atoms with Crippen LogP contribution in [0.25, 0.3) is 10.9 Å². The standard InChI is InChI=1S/C27H25ClN5O2/c28-20-8-9-26(33(34)35)27(16-20)30-14-11-21(12-15-30)32-18-31(24-6-1-2-7-25(24)32)17-19-4-3-5-23-22(19)10-13-29-23/h1-10,13,16,18,21,29H,11-12,14-15,17H2. The first-order valence-electron chi connectivity index (χ1n) is 11.8. The Balaban J connectivity index is 1.21. The number of benzene rings is 3. The summed E-state index contributed by atoms with van der Waals surface area (Å²) in [5.41, 5.74) is 5.55. The Hall–Kier alpha value is -3.71. The van der Waals surface area contributed by atoms with E-state index >= 15 is 0 Å². The van der Waals surface area contributed by atoms with Crippen LogP contribution >= 0.6 is 11.6 Å². The van der Waals surface area contributed by atoms with Crippen LogP contribution in [0.1, 0.15) is 18.4 Å². The number of aromatic amines is 1. The summed E-state index contributed by atoms with van der Waals surface area (Å²) in [6.07, 6.45) is 3.78. The van der Waals surface area contributed by atoms with Crippen LogP contribution < -0.4 is 14.7 Å². The Labute approximate surface area is 208 Å². The van der Waals surface area contributed by atoms with Gasteiger partial charge in [-0.3, -0.25) is 10.1 Å². The molecule has 0 atom stereocenters. The summed E-state index contributed by atoms with van der Waals surface area (Å²) < 4.78 is 0. The SMILES string of the molecule is O=[N+]([O-])c1ccc(Cl)cc1N1CCC(N2[CH]N(Cc3cccc4[nH]ccc34)c3ccccc32)CC1. The molecule has 35 heavy (non-hydrogen) atoms. The molecular formula is C27H25ClN5O2. The van der Waals surface area contributed by atoms with Crippen molar-refractivity contribution in [1.82, 2.24) is 4.98 Å². The fourth-order valence-electron chi connectivity index (χ4n) is 5.38. The van der Waals surface area contributed by atoms with Gasteiger partial charge in [-0.05, 0) is 54.8 Å². The normalized spacial score (nSPS) is 16.2. The van der Waals surface area contributed by atoms with Gasteiger partial charge >= 0.3 is 0 Å². The Morgan fingerprint density at radius 1 is 0.971 bits per heavy atom. The van der Waals surface area contributed by atoms with E-state index in [0.29, 0.717) is 16.8 Å². The van der Waals surface area contributed by atoms with Crippen molar-refractivity contribution in [3.8, 4) is 0 Å². The van der Waals surface area contributed by atoms with Gasteiger partial charge in [-0.1, -0.05) is 35.9 Å². The molecule has 1 N–H and O–H groups in total. The number of nitrogens with one attached hydrogen (secondary N) is 1. The van der Waals surface area contributed by atoms with Crippen LogP contribution in [0.5, 0.6) is 0 Å². The van der Waals surface area contributed by atoms with E-state index in [-0.39, 0.29) is 10.6 Å². The first kappa shape index (κ1) is 21.8. The van der Waals surface area contributed by atoms with Crippen LogP contribution in [-0.4, -0.2) is 29.0 Å². The van der Waals surface area contributed by atoms with Crippen molar-refractivity contribution in [2.24, 2.45) is 0 Å². The molecule has 8 heteroatoms. The fourth-order valence-corrected chi connectivity index (χ4v) is 5.54. The van der Waals surface area contributed by atoms with Crippen LogP contribution in [0.2, 0.25) is 5.02 Å². The average Bonchev–Trinajstić information content (AvgIpc) is 3.50. The minimum atomic E-state index is -0.328. The van der Waals surface area contributed by atoms with Crippen LogP contribution in [0.4, 0.5) is 22.7 Å². The third-order valence-electron chi connectivity index (χ3n) is 7.09. The van der Waals surface area contributed by atoms with Crippen molar-refractivity contribution in [2.45, 2.75) is 25.4 Å². The third kappa shape index (κ3) is 3.96. The minimum Gasteiger partial charge on any atom is -0.366 e. The van der Waals surface area contributed by atoms with Crippen molar-refractivity contribution in [3.05, 3.63) is 100 Å². The van der Waals surface area contributed by atoms with Crippen LogP contribution in [0.15, 0.2) is 72.9 Å². The molecule has 0 amide bonds. The van der Waals surface area contributed by atoms with E-state index in [1.807, 2.05) is 6.20 Å². The first-order chi connectivity index (χ1) is 17.1. The minimum absolute atomic E-state index is 0.107. The largest absolute Gasteiger partial charge is 0.366 e. The van der Waals surface area contributed by atoms with Crippen molar-refractivity contribution >= 4 is 45.3 Å². The second-order valence-corrected chi connectivity index (χ2v) is 9.54. The van der Waals surface area contributed by atoms with Crippen LogP contribution in [0.3, 0.4) is 0 Å². The highest BCUT2D eigenvalue weighted by molar-refractivity contribution is 6.31. The lowest BCUT2D eigenvalue weighted by molar-refractivity contribution is -0.384. The summed E-state index contributed by atoms with van der Waals surface area (Å²) in [5.74, 6) is 0. The van der Waals surface area contributed by atoms with Gasteiger partial charge in [0.1, 0.15) is 12.4 Å². The Kier molecular flexibility index (Phi) is 5.49. The number of aromatic nitrogens is 1. The van der Waals surface area contributed by atoms with Crippen LogP contribution in [0, 0.1) is 16.8 Å². The van der Waals surface area contributed by atoms with Gasteiger partial charge in [-0.15, -0.1) is 0 Å². The van der Waals surface area contributed by atoms with E-state index < -0.39 is 0 Å². The molecule has 1 radical (unpaired) electrons. The molecule has 0 spiro atoms. The number of fused-ring (bicyclic) bond motifs is 2. The first-order valence-corrected chi connectivity index (χ1v) is 12.2. The van der Waals surface area contributed by atoms with Crippen LogP contribution in [-0.2, 0) is 6.54 Å². The molecule has 1 aromatic heterocycles. The highest BCUT2D eigenvalue weighted by Crippen LogP contribution is 2.42. The topological polar surface area (TPSA) is 68.7 Å². The second-order valence-electron chi connectivity index (χ2n) is 9.10. The predicted molar refractivity (Wildman–Crippen MR) is 141 cm³/mol. The van der Waals surface area contributed by atoms with E-state index in [9.17, 15) is 10.1 Å². The number of halogens is 1. The summed E-state index contributed by atoms with van der Waals surface area (Å²) in [7, 11) is 0. The maximum atomic E-state index is 11.6. The summed E-state index contributed by atoms with van der Waals surface area (Å²) in [5, 5.41) is 13.3. The molecular weight excluding hydrogens is 462 g/mol. The Morgan fingerprint density at radius 3 is 2.57 bits per heavy atom. The van der Waals surface area contributed by atoms with Crippen molar-refractivity contribution in [1.29, 1.82) is 0 Å². The molecule has 177 valence electrons. The van der Waals surface area contributed by atoms with E-state index in [2.05, 4.69) is 74.9 Å². The Morgan fingerprint density at radius 2 is 1.77 bits per heavy atom. The van der Waals surface area contributed by atoms with Gasteiger partial charge < -0.3 is 19.7 Å². The Bertz CT molecular complexity index is 1400. The number of para-hydroxylation sites is 2. The zero-order chi connectivity index (χ0) is 23.9. The lowest BCUT2D eigenvalue weighted by atomic mass is 10.0. The number of rotatable bonds is 5. The molecule has 3 aromatic carbocycles. The van der Waals surface area contributed by atoms with E-state index in [1.54, 1.807) is 12.1 Å². The quantitative estimate of drug-likeness (QED) is 0.263. The van der Waals surface area contributed by atoms with E-state index in [0.717, 1.165) is 38.0 Å². The van der Waals surface area contributed by atoms with Crippen molar-refractivity contribution in [3.63, 3.8) is 0 Å². The van der Waals surface area contributed by atoms with E-state index in [1.165, 1.54) is 28.4 Å². The maximum absolute atomic E-state index is 11.6. The number of hydrogen-bond donors (Lipinski definition) is 1. The number of nitrogens with zero attached hydrogens (tertiary/aromatic N) is 4. The number of nitro groups is 1. The molecule has 0 bridgehead atoms. The van der Waals surface area contributed by atoms with Crippen molar-refractivity contribution < 1.29 is 4.92 Å². The highest BCUT2D eigenvalue weighted by atomic mass is 35.5. The third-order valence-corrected chi connectivity index (χ3v) is 7.33. The van der Waals surface area contributed by atoms with Gasteiger partial charge in [0.05, 0.1) is 16.3 Å². The van der Waals surface area contributed by atoms with Gasteiger partial charge in [0.15, 0.2) is 0 Å². The smallest absolute Gasteiger partial charge is 0.292 e. The lowest BCUT2D eigenvalue weighted by Crippen LogP contribution is -2.44. The molecule has 0 aliphatic carbocycles. The number of nitro benzene ring substituents is 1. The molecule has 2 aliphatic heterocycles. The fraction of sp³-hybridized carbons (Fsp3) is 0.222. The molecule has 4 aromatic rings. The zero-order valence-electron chi connectivity index (χ0n) is 19.1. The molecule has 1 fully saturated rings. The van der Waals surface area contributed by atoms with Gasteiger partial charge in [-0.25, -0.2) is 0 Å². The maximum Gasteiger partial charge on any atom is 0.292 e. The molecule has 7 nitrogen and oxygen atoms in total. The van der Waals surface area contributed by atoms with E-state index in [4.69, 9.17) is 11.6 Å². The number of hydrogen-bond acceptors (Lipinski definition) is 5. The number of piperidine rings is 1. The molecule has 1 saturated heterocycles. The zero-order valence-corrected chi connectivity index (χ0v) is 19.9. The van der Waals surface area contributed by atoms with Gasteiger partial charge in [0.2, 0.25) is 0 Å². The average molecular weight is 487 g/mol. The number of anilines is 3. The predicted octanol–water partition coefficient (Wildman–Crippen LogP) is 6.34. The van der Waals surface area contributed by atoms with Gasteiger partial charge in [0, 0.05) is 53.9 Å². The summed E-state index contributed by atoms with van der Waals surface area (Å²) >= 11 is 6.17. The summed E-state index contributed by atoms with van der Waals surface area (Å²) in [4.78, 5) is 21.3. The molecule has 0 saturated carbocycles. The summed E-state index contributed by atoms with van der Waals surface area (Å²) in [6.45, 7) is 4.50. The second kappa shape index (κ2) is 8.82. The lowest BCUT2D eigenvalue weighted by Gasteiger charge is -2.38. The molecule has 6 rings (SSSR count). The highest BCUT2D eigenvalue weighted by Gasteiger charge is 2.34. The number of H-pyrrole nitrogens is 1. The van der Waals surface area contributed by atoms with Crippen molar-refractivity contribution in [2.75, 3.05) is 27.8 Å². The molecule has 2 aliphatic rings.